The van der Waals surface area contributed by atoms with E-state index in [1.165, 1.54) is 17.7 Å². The lowest BCUT2D eigenvalue weighted by Crippen LogP contribution is -2.25. The summed E-state index contributed by atoms with van der Waals surface area (Å²) in [5, 5.41) is 1.08. The van der Waals surface area contributed by atoms with E-state index in [1.54, 1.807) is 11.8 Å². The van der Waals surface area contributed by atoms with Crippen LogP contribution >= 0.6 is 11.8 Å². The number of rotatable bonds is 4. The van der Waals surface area contributed by atoms with E-state index in [4.69, 9.17) is 4.99 Å². The molecule has 0 amide bonds. The van der Waals surface area contributed by atoms with Gasteiger partial charge in [0.1, 0.15) is 0 Å². The predicted octanol–water partition coefficient (Wildman–Crippen LogP) is 5.46. The molecule has 3 rings (SSSR count). The van der Waals surface area contributed by atoms with Crippen LogP contribution in [0.15, 0.2) is 76.6 Å². The Balaban J connectivity index is 1.76. The number of thioether (sulfide) groups is 1. The van der Waals surface area contributed by atoms with E-state index < -0.39 is 0 Å². The zero-order valence-corrected chi connectivity index (χ0v) is 15.3. The number of hydrogen-bond donors (Lipinski definition) is 0. The Morgan fingerprint density at radius 2 is 1.80 bits per heavy atom. The average Bonchev–Trinajstić information content (AvgIpc) is 3.03. The first kappa shape index (κ1) is 17.4. The standard InChI is InChI=1S/C22H22N2S/c1-2-3-17-24-18-21(16-10-13-19-11-6-4-7-12-19)25-22(24)23-20-14-8-5-9-15-20/h4-9,11-12,14-16H,2-3,17-18H2,1H3. The van der Waals surface area contributed by atoms with Gasteiger partial charge >= 0.3 is 0 Å². The van der Waals surface area contributed by atoms with Crippen LogP contribution in [0.5, 0.6) is 0 Å². The molecular weight excluding hydrogens is 324 g/mol. The Labute approximate surface area is 154 Å². The number of para-hydroxylation sites is 1. The molecule has 0 N–H and O–H groups in total. The van der Waals surface area contributed by atoms with Gasteiger partial charge in [-0.2, -0.15) is 0 Å². The molecule has 2 nitrogen and oxygen atoms in total. The highest BCUT2D eigenvalue weighted by atomic mass is 32.2. The van der Waals surface area contributed by atoms with Gasteiger partial charge in [-0.15, -0.1) is 0 Å². The van der Waals surface area contributed by atoms with Crippen molar-refractivity contribution in [1.82, 2.24) is 4.90 Å². The van der Waals surface area contributed by atoms with Gasteiger partial charge in [-0.05, 0) is 30.7 Å². The summed E-state index contributed by atoms with van der Waals surface area (Å²) in [5.41, 5.74) is 2.05. The first-order chi connectivity index (χ1) is 12.3. The van der Waals surface area contributed by atoms with Gasteiger partial charge in [0, 0.05) is 23.1 Å². The highest BCUT2D eigenvalue weighted by Crippen LogP contribution is 2.31. The van der Waals surface area contributed by atoms with Crippen LogP contribution in [0.1, 0.15) is 25.3 Å². The molecule has 25 heavy (non-hydrogen) atoms. The maximum absolute atomic E-state index is 4.83. The summed E-state index contributed by atoms with van der Waals surface area (Å²) >= 11 is 1.73. The maximum Gasteiger partial charge on any atom is 0.169 e. The molecule has 2 aromatic rings. The summed E-state index contributed by atoms with van der Waals surface area (Å²) in [6.45, 7) is 4.16. The highest BCUT2D eigenvalue weighted by molar-refractivity contribution is 8.17. The third kappa shape index (κ3) is 5.27. The first-order valence-electron chi connectivity index (χ1n) is 8.67. The molecule has 1 fully saturated rings. The molecule has 3 heteroatoms. The molecule has 0 saturated carbocycles. The van der Waals surface area contributed by atoms with Crippen molar-refractivity contribution in [3.63, 3.8) is 0 Å². The van der Waals surface area contributed by atoms with Crippen LogP contribution in [-0.4, -0.2) is 23.2 Å². The van der Waals surface area contributed by atoms with E-state index in [0.717, 1.165) is 29.5 Å². The maximum atomic E-state index is 4.83. The van der Waals surface area contributed by atoms with E-state index in [1.807, 2.05) is 66.7 Å². The third-order valence-electron chi connectivity index (χ3n) is 3.83. The molecule has 126 valence electrons. The normalized spacial score (nSPS) is 16.9. The second-order valence-corrected chi connectivity index (χ2v) is 6.95. The Morgan fingerprint density at radius 3 is 2.52 bits per heavy atom. The van der Waals surface area contributed by atoms with Gasteiger partial charge in [0.15, 0.2) is 5.17 Å². The number of benzene rings is 2. The molecule has 1 aliphatic heterocycles. The minimum absolute atomic E-state index is 0.903. The molecule has 0 aliphatic carbocycles. The lowest BCUT2D eigenvalue weighted by molar-refractivity contribution is 0.459. The summed E-state index contributed by atoms with van der Waals surface area (Å²) < 4.78 is 0. The van der Waals surface area contributed by atoms with Crippen molar-refractivity contribution in [1.29, 1.82) is 0 Å². The Kier molecular flexibility index (Phi) is 6.36. The monoisotopic (exact) mass is 346 g/mol. The zero-order valence-electron chi connectivity index (χ0n) is 14.5. The van der Waals surface area contributed by atoms with Gasteiger partial charge in [-0.25, -0.2) is 4.99 Å². The van der Waals surface area contributed by atoms with Crippen LogP contribution < -0.4 is 0 Å². The number of aliphatic imine (C=N–C) groups is 1. The van der Waals surface area contributed by atoms with Crippen LogP contribution in [0.2, 0.25) is 0 Å². The van der Waals surface area contributed by atoms with Crippen LogP contribution in [-0.2, 0) is 0 Å². The van der Waals surface area contributed by atoms with Gasteiger partial charge in [-0.1, -0.05) is 73.3 Å². The minimum Gasteiger partial charge on any atom is -0.346 e. The van der Waals surface area contributed by atoms with Gasteiger partial charge in [0.25, 0.3) is 0 Å². The fraction of sp³-hybridized carbons (Fsp3) is 0.227. The predicted molar refractivity (Wildman–Crippen MR) is 109 cm³/mol. The number of unbranched alkanes of at least 4 members (excludes halogenated alkanes) is 1. The van der Waals surface area contributed by atoms with Crippen LogP contribution in [0.4, 0.5) is 5.69 Å². The molecule has 0 aromatic heterocycles. The van der Waals surface area contributed by atoms with Crippen LogP contribution in [0.25, 0.3) is 0 Å². The highest BCUT2D eigenvalue weighted by Gasteiger charge is 2.23. The fourth-order valence-electron chi connectivity index (χ4n) is 2.50. The molecule has 1 aliphatic rings. The third-order valence-corrected chi connectivity index (χ3v) is 4.87. The van der Waals surface area contributed by atoms with E-state index in [9.17, 15) is 0 Å². The van der Waals surface area contributed by atoms with Gasteiger partial charge < -0.3 is 4.90 Å². The van der Waals surface area contributed by atoms with Gasteiger partial charge in [0.2, 0.25) is 0 Å². The molecular formula is C22H22N2S. The van der Waals surface area contributed by atoms with Crippen molar-refractivity contribution in [2.75, 3.05) is 13.1 Å². The number of nitrogens with zero attached hydrogens (tertiary/aromatic N) is 2. The molecule has 0 spiro atoms. The van der Waals surface area contributed by atoms with Crippen molar-refractivity contribution in [3.8, 4) is 11.8 Å². The van der Waals surface area contributed by atoms with E-state index in [-0.39, 0.29) is 0 Å². The summed E-state index contributed by atoms with van der Waals surface area (Å²) in [6, 6.07) is 20.3. The molecule has 0 atom stereocenters. The van der Waals surface area contributed by atoms with Gasteiger partial charge in [0.05, 0.1) is 12.2 Å². The van der Waals surface area contributed by atoms with Crippen molar-refractivity contribution < 1.29 is 0 Å². The lowest BCUT2D eigenvalue weighted by Gasteiger charge is -2.16. The van der Waals surface area contributed by atoms with Crippen molar-refractivity contribution >= 4 is 22.6 Å². The average molecular weight is 346 g/mol. The van der Waals surface area contributed by atoms with E-state index in [0.29, 0.717) is 0 Å². The summed E-state index contributed by atoms with van der Waals surface area (Å²) in [7, 11) is 0. The molecule has 0 radical (unpaired) electrons. The Bertz CT molecular complexity index is 798. The van der Waals surface area contributed by atoms with E-state index in [2.05, 4.69) is 23.7 Å². The SMILES string of the molecule is CCCCN1CC(=CC#Cc2ccccc2)SC1=Nc1ccccc1. The van der Waals surface area contributed by atoms with E-state index >= 15 is 0 Å². The summed E-state index contributed by atoms with van der Waals surface area (Å²) in [4.78, 5) is 8.44. The van der Waals surface area contributed by atoms with Crippen LogP contribution in [0, 0.1) is 11.8 Å². The molecule has 1 saturated heterocycles. The van der Waals surface area contributed by atoms with Gasteiger partial charge in [-0.3, -0.25) is 0 Å². The lowest BCUT2D eigenvalue weighted by atomic mass is 10.2. The fourth-order valence-corrected chi connectivity index (χ4v) is 3.51. The Morgan fingerprint density at radius 1 is 1.08 bits per heavy atom. The molecule has 2 aromatic carbocycles. The van der Waals surface area contributed by atoms with Crippen molar-refractivity contribution in [2.24, 2.45) is 4.99 Å². The minimum atomic E-state index is 0.903. The first-order valence-corrected chi connectivity index (χ1v) is 9.49. The molecule has 1 heterocycles. The Hall–Kier alpha value is -2.44. The second kappa shape index (κ2) is 9.15. The van der Waals surface area contributed by atoms with Crippen molar-refractivity contribution in [3.05, 3.63) is 77.2 Å². The largest absolute Gasteiger partial charge is 0.346 e. The summed E-state index contributed by atoms with van der Waals surface area (Å²) in [6.07, 6.45) is 4.40. The summed E-state index contributed by atoms with van der Waals surface area (Å²) in [5.74, 6) is 6.39. The molecule has 0 unspecified atom stereocenters. The smallest absolute Gasteiger partial charge is 0.169 e. The number of hydrogen-bond acceptors (Lipinski definition) is 2. The zero-order chi connectivity index (χ0) is 17.3. The van der Waals surface area contributed by atoms with Crippen molar-refractivity contribution in [2.45, 2.75) is 19.8 Å². The topological polar surface area (TPSA) is 15.6 Å². The quantitative estimate of drug-likeness (QED) is 0.683. The molecule has 0 bridgehead atoms. The number of allylic oxidation sites excluding steroid dienone is 1. The van der Waals surface area contributed by atoms with Crippen LogP contribution in [0.3, 0.4) is 0 Å². The second-order valence-electron chi connectivity index (χ2n) is 5.85. The number of amidine groups is 1.